The average molecular weight is 262 g/mol. The van der Waals surface area contributed by atoms with E-state index in [0.29, 0.717) is 0 Å². The van der Waals surface area contributed by atoms with E-state index in [1.807, 2.05) is 0 Å². The van der Waals surface area contributed by atoms with Crippen LogP contribution in [0.15, 0.2) is 0 Å². The Morgan fingerprint density at radius 1 is 1.12 bits per heavy atom. The van der Waals surface area contributed by atoms with Crippen LogP contribution < -0.4 is 0 Å². The van der Waals surface area contributed by atoms with Crippen LogP contribution in [-0.2, 0) is 22.8 Å². The lowest BCUT2D eigenvalue weighted by atomic mass is 10.7. The third kappa shape index (κ3) is 3.44. The van der Waals surface area contributed by atoms with Crippen LogP contribution in [0.2, 0.25) is 0 Å². The van der Waals surface area contributed by atoms with Gasteiger partial charge in [0.15, 0.2) is 0 Å². The van der Waals surface area contributed by atoms with Crippen LogP contribution in [-0.4, -0.2) is 48.0 Å². The molecule has 1 unspecified atom stereocenters. The fraction of sp³-hybridized carbons (Fsp3) is 0.857. The van der Waals surface area contributed by atoms with E-state index in [1.165, 1.54) is 0 Å². The second-order valence-corrected chi connectivity index (χ2v) is 5.70. The highest BCUT2D eigenvalue weighted by molar-refractivity contribution is 6.62. The quantitative estimate of drug-likeness (QED) is 0.544. The lowest BCUT2D eigenvalue weighted by Gasteiger charge is -2.32. The van der Waals surface area contributed by atoms with Gasteiger partial charge in [-0.2, -0.15) is 13.2 Å². The number of alkyl halides is 3. The van der Waals surface area contributed by atoms with Gasteiger partial charge in [0.25, 0.3) is 5.73 Å². The van der Waals surface area contributed by atoms with Crippen molar-refractivity contribution in [1.29, 1.82) is 0 Å². The van der Waals surface area contributed by atoms with Gasteiger partial charge in [0.1, 0.15) is 0 Å². The fourth-order valence-electron chi connectivity index (χ4n) is 1.08. The molecule has 0 aliphatic rings. The maximum atomic E-state index is 12.7. The lowest BCUT2D eigenvalue weighted by Crippen LogP contribution is -2.62. The summed E-state index contributed by atoms with van der Waals surface area (Å²) in [6.45, 7) is 0.860. The normalized spacial score (nSPS) is 14.7. The minimum Gasteiger partial charge on any atom is -0.448 e. The summed E-state index contributed by atoms with van der Waals surface area (Å²) in [4.78, 5) is 10.6. The molecule has 0 bridgehead atoms. The molecule has 0 fully saturated rings. The van der Waals surface area contributed by atoms with Crippen LogP contribution >= 0.6 is 0 Å². The molecule has 0 aromatic carbocycles. The molecule has 0 aliphatic carbocycles. The van der Waals surface area contributed by atoms with E-state index >= 15 is 0 Å². The summed E-state index contributed by atoms with van der Waals surface area (Å²) >= 11 is 0. The Balaban J connectivity index is 5.20. The Labute approximate surface area is 91.8 Å². The molecule has 0 rings (SSSR count). The van der Waals surface area contributed by atoms with Gasteiger partial charge < -0.3 is 18.0 Å². The van der Waals surface area contributed by atoms with Crippen LogP contribution in [0.25, 0.3) is 0 Å². The maximum absolute atomic E-state index is 12.7. The van der Waals surface area contributed by atoms with Crippen LogP contribution in [0, 0.1) is 0 Å². The molecular weight excluding hydrogens is 249 g/mol. The number of carbonyl (C=O) groups is 1. The molecule has 16 heavy (non-hydrogen) atoms. The second kappa shape index (κ2) is 5.62. The van der Waals surface area contributed by atoms with Crippen molar-refractivity contribution in [2.24, 2.45) is 0 Å². The summed E-state index contributed by atoms with van der Waals surface area (Å²) < 4.78 is 56.0. The van der Waals surface area contributed by atoms with Gasteiger partial charge in [-0.05, 0) is 0 Å². The van der Waals surface area contributed by atoms with Crippen LogP contribution in [0.1, 0.15) is 6.92 Å². The first-order valence-corrected chi connectivity index (χ1v) is 5.93. The summed E-state index contributed by atoms with van der Waals surface area (Å²) in [6, 6.07) is 0. The second-order valence-electron chi connectivity index (χ2n) is 2.75. The molecule has 0 spiro atoms. The van der Waals surface area contributed by atoms with Crippen molar-refractivity contribution in [3.8, 4) is 0 Å². The number of ether oxygens (including phenoxy) is 1. The minimum absolute atomic E-state index is 0.860. The molecule has 0 saturated carbocycles. The number of halogens is 3. The summed E-state index contributed by atoms with van der Waals surface area (Å²) in [5, 5.41) is 0. The third-order valence-corrected chi connectivity index (χ3v) is 4.55. The van der Waals surface area contributed by atoms with E-state index in [1.54, 1.807) is 0 Å². The zero-order chi connectivity index (χ0) is 13.0. The molecule has 9 heteroatoms. The highest BCUT2D eigenvalue weighted by Gasteiger charge is 2.63. The molecule has 0 aromatic heterocycles. The van der Waals surface area contributed by atoms with Crippen molar-refractivity contribution in [1.82, 2.24) is 0 Å². The largest absolute Gasteiger partial charge is 0.553 e. The highest BCUT2D eigenvalue weighted by atomic mass is 28.4. The molecule has 0 amide bonds. The molecule has 0 aromatic rings. The zero-order valence-electron chi connectivity index (χ0n) is 9.25. The smallest absolute Gasteiger partial charge is 0.448 e. The summed E-state index contributed by atoms with van der Waals surface area (Å²) in [5.74, 6) is -1.09. The van der Waals surface area contributed by atoms with Crippen molar-refractivity contribution < 1.29 is 36.0 Å². The first-order chi connectivity index (χ1) is 7.23. The van der Waals surface area contributed by atoms with Gasteiger partial charge in [0, 0.05) is 28.3 Å². The Hall–Kier alpha value is -0.643. The van der Waals surface area contributed by atoms with Crippen molar-refractivity contribution in [2.75, 3.05) is 21.3 Å². The van der Waals surface area contributed by atoms with Gasteiger partial charge in [0.05, 0.1) is 0 Å². The molecule has 0 saturated heterocycles. The average Bonchev–Trinajstić information content (AvgIpc) is 2.17. The van der Waals surface area contributed by atoms with E-state index in [9.17, 15) is 18.0 Å². The topological polar surface area (TPSA) is 54.0 Å². The summed E-state index contributed by atoms with van der Waals surface area (Å²) in [7, 11) is -1.11. The Morgan fingerprint density at radius 2 is 1.50 bits per heavy atom. The molecule has 96 valence electrons. The number of hydrogen-bond donors (Lipinski definition) is 0. The first kappa shape index (κ1) is 15.4. The summed E-state index contributed by atoms with van der Waals surface area (Å²) in [5.41, 5.74) is -2.53. The van der Waals surface area contributed by atoms with Crippen LogP contribution in [0.3, 0.4) is 0 Å². The van der Waals surface area contributed by atoms with Gasteiger partial charge in [0.2, 0.25) is 0 Å². The predicted molar refractivity (Wildman–Crippen MR) is 48.4 cm³/mol. The monoisotopic (exact) mass is 262 g/mol. The maximum Gasteiger partial charge on any atom is 0.553 e. The first-order valence-electron chi connectivity index (χ1n) is 4.13. The molecule has 0 aliphatic heterocycles. The van der Waals surface area contributed by atoms with Gasteiger partial charge >= 0.3 is 21.0 Å². The third-order valence-electron chi connectivity index (χ3n) is 1.76. The predicted octanol–water partition coefficient (Wildman–Crippen LogP) is 0.898. The molecular formula is C7H13F3O5Si. The highest BCUT2D eigenvalue weighted by Crippen LogP contribution is 2.31. The number of carbonyl (C=O) groups excluding carboxylic acids is 1. The Bertz CT molecular complexity index is 232. The minimum atomic E-state index is -4.82. The number of hydrogen-bond acceptors (Lipinski definition) is 5. The van der Waals surface area contributed by atoms with Crippen LogP contribution in [0.4, 0.5) is 13.2 Å². The van der Waals surface area contributed by atoms with E-state index in [2.05, 4.69) is 18.0 Å². The van der Waals surface area contributed by atoms with Gasteiger partial charge in [-0.1, -0.05) is 0 Å². The molecule has 0 radical (unpaired) electrons. The molecule has 5 nitrogen and oxygen atoms in total. The van der Waals surface area contributed by atoms with Crippen molar-refractivity contribution >= 4 is 14.8 Å². The fourth-order valence-corrected chi connectivity index (χ4v) is 2.93. The standard InChI is InChI=1S/C7H13F3O5Si/c1-5(11)15-6(7(8,9)10)16(12-2,13-3)14-4/h6H,1-4H3. The Morgan fingerprint density at radius 3 is 1.69 bits per heavy atom. The van der Waals surface area contributed by atoms with Gasteiger partial charge in [-0.15, -0.1) is 0 Å². The zero-order valence-corrected chi connectivity index (χ0v) is 10.3. The number of rotatable bonds is 5. The number of esters is 1. The lowest BCUT2D eigenvalue weighted by molar-refractivity contribution is -0.213. The van der Waals surface area contributed by atoms with Crippen LogP contribution in [0.5, 0.6) is 0 Å². The van der Waals surface area contributed by atoms with E-state index < -0.39 is 26.7 Å². The van der Waals surface area contributed by atoms with Crippen molar-refractivity contribution in [3.05, 3.63) is 0 Å². The van der Waals surface area contributed by atoms with E-state index in [0.717, 1.165) is 28.3 Å². The van der Waals surface area contributed by atoms with Gasteiger partial charge in [-0.3, -0.25) is 4.79 Å². The van der Waals surface area contributed by atoms with Crippen molar-refractivity contribution in [2.45, 2.75) is 18.8 Å². The van der Waals surface area contributed by atoms with E-state index in [4.69, 9.17) is 0 Å². The SMILES string of the molecule is CO[Si](OC)(OC)C(OC(C)=O)C(F)(F)F. The summed E-state index contributed by atoms with van der Waals surface area (Å²) in [6.07, 6.45) is -4.82. The molecule has 1 atom stereocenters. The molecule has 0 heterocycles. The Kier molecular flexibility index (Phi) is 5.39. The van der Waals surface area contributed by atoms with E-state index in [-0.39, 0.29) is 0 Å². The van der Waals surface area contributed by atoms with Gasteiger partial charge in [-0.25, -0.2) is 0 Å². The molecule has 0 N–H and O–H groups in total. The van der Waals surface area contributed by atoms with Crippen molar-refractivity contribution in [3.63, 3.8) is 0 Å².